The summed E-state index contributed by atoms with van der Waals surface area (Å²) >= 11 is 0. The molecule has 0 aliphatic rings. The van der Waals surface area contributed by atoms with Gasteiger partial charge in [-0.15, -0.1) is 0 Å². The van der Waals surface area contributed by atoms with Crippen molar-refractivity contribution >= 4 is 98.0 Å². The lowest BCUT2D eigenvalue weighted by molar-refractivity contribution is 0.667. The van der Waals surface area contributed by atoms with Crippen LogP contribution in [-0.4, -0.2) is 19.5 Å². The van der Waals surface area contributed by atoms with Crippen LogP contribution >= 0.6 is 0 Å². The van der Waals surface area contributed by atoms with Crippen LogP contribution in [0.3, 0.4) is 0 Å². The number of fused-ring (bicyclic) bond motifs is 13. The van der Waals surface area contributed by atoms with E-state index in [-0.39, 0.29) is 0 Å². The first kappa shape index (κ1) is 34.1. The minimum atomic E-state index is 0.527. The Kier molecular flexibility index (Phi) is 7.02. The maximum absolute atomic E-state index is 7.16. The number of benzene rings is 10. The summed E-state index contributed by atoms with van der Waals surface area (Å²) < 4.78 is 16.2. The average Bonchev–Trinajstić information content (AvgIpc) is 4.02. The molecule has 63 heavy (non-hydrogen) atoms. The van der Waals surface area contributed by atoms with Gasteiger partial charge in [0.1, 0.15) is 16.7 Å². The van der Waals surface area contributed by atoms with Crippen molar-refractivity contribution in [3.63, 3.8) is 0 Å². The largest absolute Gasteiger partial charge is 0.455 e. The maximum Gasteiger partial charge on any atom is 0.167 e. The van der Waals surface area contributed by atoms with Crippen LogP contribution < -0.4 is 0 Å². The summed E-state index contributed by atoms with van der Waals surface area (Å²) in [5.41, 5.74) is 8.83. The molecule has 0 atom stereocenters. The summed E-state index contributed by atoms with van der Waals surface area (Å²) in [4.78, 5) is 16.0. The molecule has 292 valence electrons. The molecule has 0 unspecified atom stereocenters. The van der Waals surface area contributed by atoms with Crippen molar-refractivity contribution in [1.29, 1.82) is 0 Å². The molecule has 0 spiro atoms. The van der Waals surface area contributed by atoms with Crippen LogP contribution in [0, 0.1) is 0 Å². The third kappa shape index (κ3) is 4.91. The van der Waals surface area contributed by atoms with Crippen LogP contribution in [0.4, 0.5) is 0 Å². The monoisotopic (exact) mass is 804 g/mol. The molecule has 6 heteroatoms. The molecule has 10 aromatic carbocycles. The van der Waals surface area contributed by atoms with Crippen molar-refractivity contribution in [1.82, 2.24) is 19.5 Å². The SMILES string of the molecule is c1ccc(-c2nc(-c3cccc4c3oc3ccccc34)nc(-c3c4ccccc4c(-n4c5cc6ccccc6cc5c5c6ccccc6ccc54)c4oc5ccccc5c34)n2)cc1. The summed E-state index contributed by atoms with van der Waals surface area (Å²) in [6.07, 6.45) is 0. The van der Waals surface area contributed by atoms with E-state index in [2.05, 4.69) is 138 Å². The van der Waals surface area contributed by atoms with E-state index in [0.29, 0.717) is 17.5 Å². The fourth-order valence-electron chi connectivity index (χ4n) is 10.0. The fraction of sp³-hybridized carbons (Fsp3) is 0. The van der Waals surface area contributed by atoms with E-state index < -0.39 is 0 Å². The smallest absolute Gasteiger partial charge is 0.167 e. The summed E-state index contributed by atoms with van der Waals surface area (Å²) in [6.45, 7) is 0. The third-order valence-electron chi connectivity index (χ3n) is 12.8. The zero-order valence-corrected chi connectivity index (χ0v) is 33.6. The summed E-state index contributed by atoms with van der Waals surface area (Å²) in [5.74, 6) is 1.64. The highest BCUT2D eigenvalue weighted by Gasteiger charge is 2.28. The summed E-state index contributed by atoms with van der Waals surface area (Å²) in [6, 6.07) is 67.9. The standard InChI is InChI=1S/C57H32N4O2/c1-2-16-34(17-3-1)55-58-56(43-26-14-25-41-38-21-10-12-27-47(38)62-53(41)43)60-57(59-55)51-39-22-8-9-23-40(39)52(54-50(51)42-24-11-13-28-48(42)63-54)61-45-30-29-33-15-6-7-20-37(33)49(45)44-31-35-18-4-5-19-36(35)32-46(44)61/h1-32H. The predicted molar refractivity (Wildman–Crippen MR) is 258 cm³/mol. The van der Waals surface area contributed by atoms with Gasteiger partial charge in [-0.25, -0.2) is 15.0 Å². The third-order valence-corrected chi connectivity index (χ3v) is 12.8. The van der Waals surface area contributed by atoms with Crippen LogP contribution in [0.1, 0.15) is 0 Å². The first-order chi connectivity index (χ1) is 31.2. The minimum Gasteiger partial charge on any atom is -0.455 e. The Bertz CT molecular complexity index is 4220. The molecule has 0 amide bonds. The Morgan fingerprint density at radius 1 is 0.349 bits per heavy atom. The van der Waals surface area contributed by atoms with E-state index >= 15 is 0 Å². The Morgan fingerprint density at radius 2 is 0.952 bits per heavy atom. The highest BCUT2D eigenvalue weighted by atomic mass is 16.3. The Labute approximate surface area is 358 Å². The molecule has 0 aliphatic carbocycles. The average molecular weight is 805 g/mol. The predicted octanol–water partition coefficient (Wildman–Crippen LogP) is 15.2. The number of nitrogens with zero attached hydrogens (tertiary/aromatic N) is 4. The number of para-hydroxylation sites is 3. The zero-order valence-electron chi connectivity index (χ0n) is 33.6. The molecule has 0 N–H and O–H groups in total. The lowest BCUT2D eigenvalue weighted by Gasteiger charge is -2.17. The van der Waals surface area contributed by atoms with E-state index in [0.717, 1.165) is 88.1 Å². The topological polar surface area (TPSA) is 69.9 Å². The van der Waals surface area contributed by atoms with Crippen molar-refractivity contribution < 1.29 is 8.83 Å². The van der Waals surface area contributed by atoms with Crippen molar-refractivity contribution in [2.24, 2.45) is 0 Å². The lowest BCUT2D eigenvalue weighted by Crippen LogP contribution is -2.03. The number of furan rings is 2. The number of rotatable bonds is 4. The summed E-state index contributed by atoms with van der Waals surface area (Å²) in [5, 5.41) is 13.2. The molecule has 0 fully saturated rings. The highest BCUT2D eigenvalue weighted by Crippen LogP contribution is 2.48. The molecule has 4 heterocycles. The molecule has 14 rings (SSSR count). The Balaban J connectivity index is 1.15. The van der Waals surface area contributed by atoms with Gasteiger partial charge in [0.15, 0.2) is 23.1 Å². The molecule has 0 radical (unpaired) electrons. The van der Waals surface area contributed by atoms with Gasteiger partial charge in [0, 0.05) is 48.8 Å². The molecule has 14 aromatic rings. The zero-order chi connectivity index (χ0) is 41.2. The van der Waals surface area contributed by atoms with Gasteiger partial charge in [-0.2, -0.15) is 0 Å². The van der Waals surface area contributed by atoms with Crippen molar-refractivity contribution in [2.75, 3.05) is 0 Å². The maximum atomic E-state index is 7.16. The minimum absolute atomic E-state index is 0.527. The van der Waals surface area contributed by atoms with Crippen LogP contribution in [0.15, 0.2) is 203 Å². The highest BCUT2D eigenvalue weighted by molar-refractivity contribution is 6.28. The molecule has 0 saturated carbocycles. The van der Waals surface area contributed by atoms with Crippen LogP contribution in [0.25, 0.3) is 138 Å². The summed E-state index contributed by atoms with van der Waals surface area (Å²) in [7, 11) is 0. The van der Waals surface area contributed by atoms with Crippen LogP contribution in [-0.2, 0) is 0 Å². The van der Waals surface area contributed by atoms with Gasteiger partial charge in [0.05, 0.1) is 22.3 Å². The first-order valence-corrected chi connectivity index (χ1v) is 21.2. The Hall–Kier alpha value is -8.61. The van der Waals surface area contributed by atoms with Gasteiger partial charge >= 0.3 is 0 Å². The van der Waals surface area contributed by atoms with E-state index in [1.54, 1.807) is 0 Å². The molecule has 4 aromatic heterocycles. The fourth-order valence-corrected chi connectivity index (χ4v) is 10.0. The number of aromatic nitrogens is 4. The first-order valence-electron chi connectivity index (χ1n) is 21.2. The molecular formula is C57H32N4O2. The molecule has 0 aliphatic heterocycles. The van der Waals surface area contributed by atoms with E-state index in [9.17, 15) is 0 Å². The van der Waals surface area contributed by atoms with Gasteiger partial charge in [0.25, 0.3) is 0 Å². The molecular weight excluding hydrogens is 773 g/mol. The molecule has 0 saturated heterocycles. The second-order valence-electron chi connectivity index (χ2n) is 16.3. The van der Waals surface area contributed by atoms with Crippen molar-refractivity contribution in [3.8, 4) is 39.9 Å². The quantitative estimate of drug-likeness (QED) is 0.177. The van der Waals surface area contributed by atoms with Gasteiger partial charge in [-0.3, -0.25) is 0 Å². The van der Waals surface area contributed by atoms with E-state index in [4.69, 9.17) is 23.8 Å². The van der Waals surface area contributed by atoms with Gasteiger partial charge in [-0.05, 0) is 63.3 Å². The normalized spacial score (nSPS) is 12.1. The van der Waals surface area contributed by atoms with Crippen molar-refractivity contribution in [2.45, 2.75) is 0 Å². The van der Waals surface area contributed by atoms with E-state index in [1.165, 1.54) is 32.3 Å². The van der Waals surface area contributed by atoms with Gasteiger partial charge < -0.3 is 13.4 Å². The molecule has 6 nitrogen and oxygen atoms in total. The van der Waals surface area contributed by atoms with Gasteiger partial charge in [0.2, 0.25) is 0 Å². The van der Waals surface area contributed by atoms with Crippen LogP contribution in [0.2, 0.25) is 0 Å². The van der Waals surface area contributed by atoms with Gasteiger partial charge in [-0.1, -0.05) is 158 Å². The second kappa shape index (κ2) is 12.9. The van der Waals surface area contributed by atoms with E-state index in [1.807, 2.05) is 60.7 Å². The number of hydrogen-bond acceptors (Lipinski definition) is 5. The number of hydrogen-bond donors (Lipinski definition) is 0. The Morgan fingerprint density at radius 3 is 1.78 bits per heavy atom. The lowest BCUT2D eigenvalue weighted by atomic mass is 9.95. The molecule has 0 bridgehead atoms. The van der Waals surface area contributed by atoms with Crippen molar-refractivity contribution in [3.05, 3.63) is 194 Å². The van der Waals surface area contributed by atoms with Crippen LogP contribution in [0.5, 0.6) is 0 Å². The second-order valence-corrected chi connectivity index (χ2v) is 16.3.